The molecule has 0 unspecified atom stereocenters. The SMILES string of the molecule is COCCCN(Cc1nnc(-c2cccc(C)c2)o1)c1c(N)n(CC(C)C)c(=O)[nH]c1=O. The Balaban J connectivity index is 1.96. The Bertz CT molecular complexity index is 1160. The molecule has 0 fully saturated rings. The molecule has 0 bridgehead atoms. The first-order chi connectivity index (χ1) is 15.3. The van der Waals surface area contributed by atoms with Gasteiger partial charge in [-0.05, 0) is 31.4 Å². The molecule has 10 nitrogen and oxygen atoms in total. The summed E-state index contributed by atoms with van der Waals surface area (Å²) in [6.07, 6.45) is 0.636. The highest BCUT2D eigenvalue weighted by atomic mass is 16.5. The summed E-state index contributed by atoms with van der Waals surface area (Å²) in [7, 11) is 1.61. The third-order valence-electron chi connectivity index (χ3n) is 4.91. The summed E-state index contributed by atoms with van der Waals surface area (Å²) in [4.78, 5) is 29.2. The number of nitrogen functional groups attached to an aromatic ring is 1. The zero-order valence-corrected chi connectivity index (χ0v) is 18.9. The minimum Gasteiger partial charge on any atom is -0.419 e. The van der Waals surface area contributed by atoms with Crippen LogP contribution < -0.4 is 21.9 Å². The van der Waals surface area contributed by atoms with Crippen molar-refractivity contribution in [2.24, 2.45) is 5.92 Å². The number of hydrogen-bond acceptors (Lipinski definition) is 8. The minimum atomic E-state index is -0.552. The topological polar surface area (TPSA) is 132 Å². The molecule has 10 heteroatoms. The van der Waals surface area contributed by atoms with Crippen molar-refractivity contribution in [1.29, 1.82) is 0 Å². The highest BCUT2D eigenvalue weighted by molar-refractivity contribution is 5.62. The van der Waals surface area contributed by atoms with Gasteiger partial charge in [0, 0.05) is 32.4 Å². The van der Waals surface area contributed by atoms with E-state index in [1.807, 2.05) is 45.0 Å². The lowest BCUT2D eigenvalue weighted by atomic mass is 10.1. The Labute approximate surface area is 186 Å². The summed E-state index contributed by atoms with van der Waals surface area (Å²) in [6, 6.07) is 7.76. The number of benzene rings is 1. The van der Waals surface area contributed by atoms with Crippen LogP contribution in [0.4, 0.5) is 11.5 Å². The van der Waals surface area contributed by atoms with Crippen molar-refractivity contribution in [3.05, 3.63) is 56.6 Å². The van der Waals surface area contributed by atoms with E-state index in [0.29, 0.717) is 37.9 Å². The van der Waals surface area contributed by atoms with Crippen LogP contribution in [0, 0.1) is 12.8 Å². The molecule has 0 aliphatic heterocycles. The number of hydrogen-bond donors (Lipinski definition) is 2. The van der Waals surface area contributed by atoms with E-state index in [1.165, 1.54) is 4.57 Å². The zero-order chi connectivity index (χ0) is 23.3. The van der Waals surface area contributed by atoms with Gasteiger partial charge >= 0.3 is 5.69 Å². The monoisotopic (exact) mass is 442 g/mol. The highest BCUT2D eigenvalue weighted by Crippen LogP contribution is 2.23. The average Bonchev–Trinajstić information content (AvgIpc) is 3.19. The minimum absolute atomic E-state index is 0.114. The van der Waals surface area contributed by atoms with Crippen LogP contribution in [0.15, 0.2) is 38.3 Å². The van der Waals surface area contributed by atoms with Gasteiger partial charge in [0.15, 0.2) is 0 Å². The number of aryl methyl sites for hydroxylation is 1. The number of aromatic amines is 1. The fraction of sp³-hybridized carbons (Fsp3) is 0.455. The lowest BCUT2D eigenvalue weighted by molar-refractivity contribution is 0.196. The second kappa shape index (κ2) is 10.3. The van der Waals surface area contributed by atoms with Crippen molar-refractivity contribution in [3.8, 4) is 11.5 Å². The summed E-state index contributed by atoms with van der Waals surface area (Å²) < 4.78 is 12.4. The Morgan fingerprint density at radius 2 is 2.06 bits per heavy atom. The number of anilines is 2. The van der Waals surface area contributed by atoms with E-state index in [2.05, 4.69) is 15.2 Å². The predicted octanol–water partition coefficient (Wildman–Crippen LogP) is 2.18. The van der Waals surface area contributed by atoms with Crippen LogP contribution in [0.2, 0.25) is 0 Å². The van der Waals surface area contributed by atoms with E-state index in [1.54, 1.807) is 12.0 Å². The Morgan fingerprint density at radius 1 is 1.28 bits per heavy atom. The fourth-order valence-corrected chi connectivity index (χ4v) is 3.47. The van der Waals surface area contributed by atoms with Crippen molar-refractivity contribution < 1.29 is 9.15 Å². The summed E-state index contributed by atoms with van der Waals surface area (Å²) >= 11 is 0. The van der Waals surface area contributed by atoms with Crippen LogP contribution in [0.25, 0.3) is 11.5 Å². The van der Waals surface area contributed by atoms with Gasteiger partial charge in [-0.15, -0.1) is 10.2 Å². The van der Waals surface area contributed by atoms with Gasteiger partial charge in [-0.3, -0.25) is 14.3 Å². The predicted molar refractivity (Wildman–Crippen MR) is 123 cm³/mol. The molecule has 2 heterocycles. The number of methoxy groups -OCH3 is 1. The van der Waals surface area contributed by atoms with Gasteiger partial charge in [-0.25, -0.2) is 4.79 Å². The molecular weight excluding hydrogens is 412 g/mol. The molecule has 0 aliphatic carbocycles. The molecule has 0 aliphatic rings. The van der Waals surface area contributed by atoms with Crippen molar-refractivity contribution >= 4 is 11.5 Å². The van der Waals surface area contributed by atoms with Gasteiger partial charge < -0.3 is 19.8 Å². The average molecular weight is 443 g/mol. The van der Waals surface area contributed by atoms with E-state index >= 15 is 0 Å². The molecule has 3 rings (SSSR count). The van der Waals surface area contributed by atoms with Crippen molar-refractivity contribution in [3.63, 3.8) is 0 Å². The second-order valence-electron chi connectivity index (χ2n) is 8.14. The maximum Gasteiger partial charge on any atom is 0.330 e. The van der Waals surface area contributed by atoms with Crippen molar-refractivity contribution in [2.75, 3.05) is 30.9 Å². The fourth-order valence-electron chi connectivity index (χ4n) is 3.47. The number of ether oxygens (including phenoxy) is 1. The molecule has 172 valence electrons. The number of nitrogens with one attached hydrogen (secondary N) is 1. The van der Waals surface area contributed by atoms with Crippen LogP contribution in [0.5, 0.6) is 0 Å². The first-order valence-corrected chi connectivity index (χ1v) is 10.6. The Hall–Kier alpha value is -3.40. The van der Waals surface area contributed by atoms with Gasteiger partial charge in [0.1, 0.15) is 11.5 Å². The summed E-state index contributed by atoms with van der Waals surface area (Å²) in [5.41, 5.74) is 7.33. The third kappa shape index (κ3) is 5.44. The molecule has 3 aromatic rings. The first-order valence-electron chi connectivity index (χ1n) is 10.6. The van der Waals surface area contributed by atoms with E-state index in [9.17, 15) is 9.59 Å². The summed E-state index contributed by atoms with van der Waals surface area (Å²) in [6.45, 7) is 7.42. The molecule has 0 spiro atoms. The standard InChI is InChI=1S/C22H30N6O4/c1-14(2)12-28-19(23)18(20(29)24-22(28)30)27(9-6-10-31-4)13-17-25-26-21(32-17)16-8-5-7-15(3)11-16/h5,7-8,11,14H,6,9-10,12-13,23H2,1-4H3,(H,24,29,30). The molecule has 0 radical (unpaired) electrons. The van der Waals surface area contributed by atoms with Crippen LogP contribution in [0.1, 0.15) is 31.7 Å². The largest absolute Gasteiger partial charge is 0.419 e. The van der Waals surface area contributed by atoms with Crippen LogP contribution >= 0.6 is 0 Å². The second-order valence-corrected chi connectivity index (χ2v) is 8.14. The number of aromatic nitrogens is 4. The van der Waals surface area contributed by atoms with Crippen molar-refractivity contribution in [1.82, 2.24) is 19.7 Å². The Morgan fingerprint density at radius 3 is 2.75 bits per heavy atom. The van der Waals surface area contributed by atoms with Gasteiger partial charge in [0.25, 0.3) is 5.56 Å². The van der Waals surface area contributed by atoms with Gasteiger partial charge in [-0.2, -0.15) is 0 Å². The normalized spacial score (nSPS) is 11.3. The van der Waals surface area contributed by atoms with Crippen LogP contribution in [0.3, 0.4) is 0 Å². The molecule has 0 saturated carbocycles. The van der Waals surface area contributed by atoms with Gasteiger partial charge in [0.05, 0.1) is 6.54 Å². The molecule has 0 amide bonds. The van der Waals surface area contributed by atoms with Gasteiger partial charge in [-0.1, -0.05) is 31.5 Å². The molecule has 0 saturated heterocycles. The number of H-pyrrole nitrogens is 1. The number of nitrogens with zero attached hydrogens (tertiary/aromatic N) is 4. The van der Waals surface area contributed by atoms with Crippen LogP contribution in [-0.2, 0) is 17.8 Å². The van der Waals surface area contributed by atoms with E-state index in [4.69, 9.17) is 14.9 Å². The molecular formula is C22H30N6O4. The number of rotatable bonds is 10. The zero-order valence-electron chi connectivity index (χ0n) is 18.9. The third-order valence-corrected chi connectivity index (χ3v) is 4.91. The van der Waals surface area contributed by atoms with Gasteiger partial charge in [0.2, 0.25) is 11.8 Å². The van der Waals surface area contributed by atoms with Crippen LogP contribution in [-0.4, -0.2) is 40.0 Å². The Kier molecular flexibility index (Phi) is 7.47. The lowest BCUT2D eigenvalue weighted by Crippen LogP contribution is -2.39. The quantitative estimate of drug-likeness (QED) is 0.457. The molecule has 1 aromatic carbocycles. The van der Waals surface area contributed by atoms with E-state index in [0.717, 1.165) is 11.1 Å². The maximum atomic E-state index is 12.7. The van der Waals surface area contributed by atoms with Crippen molar-refractivity contribution in [2.45, 2.75) is 40.3 Å². The summed E-state index contributed by atoms with van der Waals surface area (Å²) in [5, 5.41) is 8.30. The summed E-state index contributed by atoms with van der Waals surface area (Å²) in [5.74, 6) is 1.01. The smallest absolute Gasteiger partial charge is 0.330 e. The maximum absolute atomic E-state index is 12.7. The molecule has 0 atom stereocenters. The number of nitrogens with two attached hydrogens (primary N) is 1. The molecule has 32 heavy (non-hydrogen) atoms. The van der Waals surface area contributed by atoms with E-state index in [-0.39, 0.29) is 24.0 Å². The highest BCUT2D eigenvalue weighted by Gasteiger charge is 2.22. The molecule has 3 N–H and O–H groups in total. The lowest BCUT2D eigenvalue weighted by Gasteiger charge is -2.25. The molecule has 2 aromatic heterocycles. The van der Waals surface area contributed by atoms with E-state index < -0.39 is 11.2 Å². The first kappa shape index (κ1) is 23.3.